The number of anilines is 1. The van der Waals surface area contributed by atoms with Gasteiger partial charge in [-0.25, -0.2) is 10.2 Å². The maximum Gasteiger partial charge on any atom is 0.275 e. The van der Waals surface area contributed by atoms with Gasteiger partial charge in [-0.05, 0) is 31.2 Å². The number of carbonyl (C=O) groups excluding carboxylic acids is 1. The van der Waals surface area contributed by atoms with E-state index in [0.29, 0.717) is 23.7 Å². The number of para-hydroxylation sites is 1. The molecule has 0 saturated carbocycles. The molecule has 1 aromatic heterocycles. The molecule has 1 aromatic carbocycles. The van der Waals surface area contributed by atoms with Crippen molar-refractivity contribution >= 4 is 22.9 Å². The lowest BCUT2D eigenvalue weighted by atomic mass is 10.2. The second-order valence-electron chi connectivity index (χ2n) is 4.21. The van der Waals surface area contributed by atoms with Gasteiger partial charge in [0.15, 0.2) is 0 Å². The minimum Gasteiger partial charge on any atom is -0.364 e. The summed E-state index contributed by atoms with van der Waals surface area (Å²) in [6.07, 6.45) is 0. The van der Waals surface area contributed by atoms with Crippen molar-refractivity contribution in [2.75, 3.05) is 11.4 Å². The maximum atomic E-state index is 13.8. The van der Waals surface area contributed by atoms with E-state index >= 15 is 0 Å². The first kappa shape index (κ1) is 14.5. The number of nitrogens with two attached hydrogens (primary N) is 1. The van der Waals surface area contributed by atoms with Crippen molar-refractivity contribution in [1.29, 1.82) is 0 Å². The van der Waals surface area contributed by atoms with E-state index in [1.165, 1.54) is 17.4 Å². The van der Waals surface area contributed by atoms with E-state index in [1.807, 2.05) is 24.0 Å². The van der Waals surface area contributed by atoms with Crippen molar-refractivity contribution in [3.8, 4) is 0 Å². The average molecular weight is 293 g/mol. The Morgan fingerprint density at radius 2 is 2.10 bits per heavy atom. The van der Waals surface area contributed by atoms with Gasteiger partial charge in [0.25, 0.3) is 5.91 Å². The highest BCUT2D eigenvalue weighted by atomic mass is 32.1. The third kappa shape index (κ3) is 3.15. The van der Waals surface area contributed by atoms with E-state index in [9.17, 15) is 9.18 Å². The van der Waals surface area contributed by atoms with Crippen LogP contribution in [0.3, 0.4) is 0 Å². The molecule has 3 N–H and O–H groups in total. The van der Waals surface area contributed by atoms with Gasteiger partial charge in [-0.15, -0.1) is 11.3 Å². The SMILES string of the molecule is CCN(Cc1ccc(C(=O)NN)s1)c1ccccc1F. The average Bonchev–Trinajstić information content (AvgIpc) is 2.93. The second-order valence-corrected chi connectivity index (χ2v) is 5.37. The minimum absolute atomic E-state index is 0.245. The molecule has 106 valence electrons. The summed E-state index contributed by atoms with van der Waals surface area (Å²) in [6.45, 7) is 3.20. The maximum absolute atomic E-state index is 13.8. The molecule has 4 nitrogen and oxygen atoms in total. The van der Waals surface area contributed by atoms with Crippen molar-refractivity contribution in [1.82, 2.24) is 5.43 Å². The summed E-state index contributed by atoms with van der Waals surface area (Å²) >= 11 is 1.35. The Morgan fingerprint density at radius 3 is 2.75 bits per heavy atom. The Hall–Kier alpha value is -1.92. The number of rotatable bonds is 5. The van der Waals surface area contributed by atoms with E-state index in [0.717, 1.165) is 4.88 Å². The number of hydrogen-bond donors (Lipinski definition) is 2. The van der Waals surface area contributed by atoms with E-state index in [1.54, 1.807) is 18.2 Å². The number of nitrogens with one attached hydrogen (secondary N) is 1. The van der Waals surface area contributed by atoms with Crippen LogP contribution in [0.2, 0.25) is 0 Å². The summed E-state index contributed by atoms with van der Waals surface area (Å²) in [6, 6.07) is 10.3. The molecule has 0 fully saturated rings. The zero-order valence-corrected chi connectivity index (χ0v) is 11.9. The number of benzene rings is 1. The van der Waals surface area contributed by atoms with Gasteiger partial charge in [0, 0.05) is 11.4 Å². The van der Waals surface area contributed by atoms with Gasteiger partial charge < -0.3 is 4.90 Å². The Bertz CT molecular complexity index is 600. The molecule has 0 bridgehead atoms. The topological polar surface area (TPSA) is 58.4 Å². The van der Waals surface area contributed by atoms with Gasteiger partial charge in [0.1, 0.15) is 5.82 Å². The first-order valence-electron chi connectivity index (χ1n) is 6.24. The summed E-state index contributed by atoms with van der Waals surface area (Å²) in [5.74, 6) is 4.54. The number of nitrogen functional groups attached to an aromatic ring is 1. The number of amides is 1. The summed E-state index contributed by atoms with van der Waals surface area (Å²) < 4.78 is 13.8. The molecular weight excluding hydrogens is 277 g/mol. The van der Waals surface area contributed by atoms with E-state index in [-0.39, 0.29) is 11.7 Å². The van der Waals surface area contributed by atoms with Crippen molar-refractivity contribution in [3.63, 3.8) is 0 Å². The largest absolute Gasteiger partial charge is 0.364 e. The molecule has 20 heavy (non-hydrogen) atoms. The number of hydrazine groups is 1. The third-order valence-corrected chi connectivity index (χ3v) is 4.01. The zero-order valence-electron chi connectivity index (χ0n) is 11.1. The summed E-state index contributed by atoms with van der Waals surface area (Å²) in [5, 5.41) is 0. The molecule has 0 aliphatic rings. The molecule has 0 aliphatic carbocycles. The van der Waals surface area contributed by atoms with Crippen LogP contribution in [-0.2, 0) is 6.54 Å². The number of nitrogens with zero attached hydrogens (tertiary/aromatic N) is 1. The molecule has 0 aliphatic heterocycles. The van der Waals surface area contributed by atoms with Crippen LogP contribution in [0.15, 0.2) is 36.4 Å². The quantitative estimate of drug-likeness (QED) is 0.506. The van der Waals surface area contributed by atoms with Gasteiger partial charge in [-0.3, -0.25) is 10.2 Å². The molecule has 0 unspecified atom stereocenters. The molecule has 0 atom stereocenters. The monoisotopic (exact) mass is 293 g/mol. The van der Waals surface area contributed by atoms with Gasteiger partial charge >= 0.3 is 0 Å². The van der Waals surface area contributed by atoms with Gasteiger partial charge in [-0.2, -0.15) is 0 Å². The molecule has 0 saturated heterocycles. The van der Waals surface area contributed by atoms with Gasteiger partial charge in [-0.1, -0.05) is 12.1 Å². The predicted octanol–water partition coefficient (Wildman–Crippen LogP) is 2.52. The summed E-state index contributed by atoms with van der Waals surface area (Å²) in [7, 11) is 0. The first-order valence-corrected chi connectivity index (χ1v) is 7.06. The Labute approximate surface area is 121 Å². The number of carbonyl (C=O) groups is 1. The lowest BCUT2D eigenvalue weighted by Gasteiger charge is -2.22. The zero-order chi connectivity index (χ0) is 14.5. The lowest BCUT2D eigenvalue weighted by molar-refractivity contribution is 0.0957. The molecule has 1 heterocycles. The lowest BCUT2D eigenvalue weighted by Crippen LogP contribution is -2.29. The Balaban J connectivity index is 2.17. The smallest absolute Gasteiger partial charge is 0.275 e. The fourth-order valence-corrected chi connectivity index (χ4v) is 2.85. The van der Waals surface area contributed by atoms with Crippen molar-refractivity contribution in [2.24, 2.45) is 5.84 Å². The Kier molecular flexibility index (Phi) is 4.70. The van der Waals surface area contributed by atoms with Crippen molar-refractivity contribution < 1.29 is 9.18 Å². The molecule has 2 rings (SSSR count). The van der Waals surface area contributed by atoms with Crippen LogP contribution >= 0.6 is 11.3 Å². The van der Waals surface area contributed by atoms with Crippen LogP contribution in [0.5, 0.6) is 0 Å². The fourth-order valence-electron chi connectivity index (χ4n) is 1.92. The highest BCUT2D eigenvalue weighted by molar-refractivity contribution is 7.14. The fraction of sp³-hybridized carbons (Fsp3) is 0.214. The van der Waals surface area contributed by atoms with Crippen molar-refractivity contribution in [2.45, 2.75) is 13.5 Å². The molecule has 0 spiro atoms. The van der Waals surface area contributed by atoms with Crippen LogP contribution in [0, 0.1) is 5.82 Å². The summed E-state index contributed by atoms with van der Waals surface area (Å²) in [5.41, 5.74) is 2.66. The molecule has 2 aromatic rings. The van der Waals surface area contributed by atoms with Crippen LogP contribution in [0.1, 0.15) is 21.5 Å². The van der Waals surface area contributed by atoms with Gasteiger partial charge in [0.2, 0.25) is 0 Å². The predicted molar refractivity (Wildman–Crippen MR) is 79.1 cm³/mol. The molecule has 0 radical (unpaired) electrons. The van der Waals surface area contributed by atoms with Crippen LogP contribution < -0.4 is 16.2 Å². The highest BCUT2D eigenvalue weighted by Crippen LogP contribution is 2.24. The highest BCUT2D eigenvalue weighted by Gasteiger charge is 2.13. The molecule has 1 amide bonds. The second kappa shape index (κ2) is 6.49. The minimum atomic E-state index is -0.310. The normalized spacial score (nSPS) is 10.3. The van der Waals surface area contributed by atoms with E-state index in [2.05, 4.69) is 5.43 Å². The standard InChI is InChI=1S/C14H16FN3OS/c1-2-18(12-6-4-3-5-11(12)15)9-10-7-8-13(20-10)14(19)17-16/h3-8H,2,9,16H2,1H3,(H,17,19). The van der Waals surface area contributed by atoms with Gasteiger partial charge in [0.05, 0.1) is 17.1 Å². The van der Waals surface area contributed by atoms with E-state index in [4.69, 9.17) is 5.84 Å². The summed E-state index contributed by atoms with van der Waals surface area (Å²) in [4.78, 5) is 14.9. The number of thiophene rings is 1. The number of hydrogen-bond acceptors (Lipinski definition) is 4. The third-order valence-electron chi connectivity index (χ3n) is 2.94. The molecule has 6 heteroatoms. The van der Waals surface area contributed by atoms with Crippen LogP contribution in [0.4, 0.5) is 10.1 Å². The Morgan fingerprint density at radius 1 is 1.35 bits per heavy atom. The molecular formula is C14H16FN3OS. The van der Waals surface area contributed by atoms with Crippen LogP contribution in [0.25, 0.3) is 0 Å². The van der Waals surface area contributed by atoms with E-state index < -0.39 is 0 Å². The van der Waals surface area contributed by atoms with Crippen LogP contribution in [-0.4, -0.2) is 12.5 Å². The van der Waals surface area contributed by atoms with Crippen molar-refractivity contribution in [3.05, 3.63) is 52.0 Å². The first-order chi connectivity index (χ1) is 9.65. The number of halogens is 1.